The standard InChI is InChI=1S/C15H19N3O/c16-15-13-3-6-17-10-12(13)1-2-14(15)18-9-11-4-7-19-8-5-11/h1-3,6,10-11,18H,4-5,7-9,16H2. The predicted octanol–water partition coefficient (Wildman–Crippen LogP) is 2.66. The van der Waals surface area contributed by atoms with Crippen LogP contribution < -0.4 is 11.1 Å². The fourth-order valence-electron chi connectivity index (χ4n) is 2.55. The van der Waals surface area contributed by atoms with E-state index in [0.29, 0.717) is 5.92 Å². The topological polar surface area (TPSA) is 60.2 Å². The Morgan fingerprint density at radius 1 is 1.26 bits per heavy atom. The molecule has 0 spiro atoms. The molecule has 0 radical (unpaired) electrons. The van der Waals surface area contributed by atoms with Crippen molar-refractivity contribution in [3.63, 3.8) is 0 Å². The lowest BCUT2D eigenvalue weighted by atomic mass is 10.00. The summed E-state index contributed by atoms with van der Waals surface area (Å²) in [5, 5.41) is 5.62. The van der Waals surface area contributed by atoms with E-state index in [1.54, 1.807) is 6.20 Å². The second-order valence-corrected chi connectivity index (χ2v) is 5.06. The smallest absolute Gasteiger partial charge is 0.0630 e. The minimum Gasteiger partial charge on any atom is -0.397 e. The Bertz CT molecular complexity index is 564. The van der Waals surface area contributed by atoms with E-state index < -0.39 is 0 Å². The van der Waals surface area contributed by atoms with Crippen LogP contribution in [0.1, 0.15) is 12.8 Å². The number of pyridine rings is 1. The summed E-state index contributed by atoms with van der Waals surface area (Å²) in [4.78, 5) is 4.11. The Labute approximate surface area is 113 Å². The van der Waals surface area contributed by atoms with Gasteiger partial charge in [-0.15, -0.1) is 0 Å². The molecule has 2 aromatic rings. The van der Waals surface area contributed by atoms with Gasteiger partial charge in [0, 0.05) is 42.9 Å². The highest BCUT2D eigenvalue weighted by Crippen LogP contribution is 2.28. The first-order chi connectivity index (χ1) is 9.34. The average molecular weight is 257 g/mol. The molecule has 4 heteroatoms. The first kappa shape index (κ1) is 12.2. The van der Waals surface area contributed by atoms with E-state index in [4.69, 9.17) is 10.5 Å². The van der Waals surface area contributed by atoms with Crippen LogP contribution in [0.4, 0.5) is 11.4 Å². The van der Waals surface area contributed by atoms with Gasteiger partial charge in [0.05, 0.1) is 11.4 Å². The van der Waals surface area contributed by atoms with Crippen molar-refractivity contribution in [2.75, 3.05) is 30.8 Å². The molecule has 0 bridgehead atoms. The summed E-state index contributed by atoms with van der Waals surface area (Å²) in [6, 6.07) is 6.06. The molecule has 0 unspecified atom stereocenters. The lowest BCUT2D eigenvalue weighted by Gasteiger charge is -2.23. The van der Waals surface area contributed by atoms with E-state index in [2.05, 4.69) is 16.4 Å². The summed E-state index contributed by atoms with van der Waals surface area (Å²) in [6.45, 7) is 2.72. The number of anilines is 2. The summed E-state index contributed by atoms with van der Waals surface area (Å²) >= 11 is 0. The van der Waals surface area contributed by atoms with Crippen molar-refractivity contribution < 1.29 is 4.74 Å². The van der Waals surface area contributed by atoms with Crippen LogP contribution >= 0.6 is 0 Å². The number of ether oxygens (including phenoxy) is 1. The summed E-state index contributed by atoms with van der Waals surface area (Å²) in [5.74, 6) is 0.682. The van der Waals surface area contributed by atoms with Gasteiger partial charge in [-0.1, -0.05) is 6.07 Å². The summed E-state index contributed by atoms with van der Waals surface area (Å²) < 4.78 is 5.37. The maximum atomic E-state index is 6.22. The molecule has 1 aromatic heterocycles. The monoisotopic (exact) mass is 257 g/mol. The molecule has 0 amide bonds. The zero-order valence-corrected chi connectivity index (χ0v) is 10.9. The molecule has 100 valence electrons. The van der Waals surface area contributed by atoms with E-state index in [1.165, 1.54) is 0 Å². The molecule has 0 aliphatic carbocycles. The Morgan fingerprint density at radius 2 is 2.11 bits per heavy atom. The van der Waals surface area contributed by atoms with Gasteiger partial charge in [-0.3, -0.25) is 4.98 Å². The molecule has 1 fully saturated rings. The molecular weight excluding hydrogens is 238 g/mol. The largest absolute Gasteiger partial charge is 0.397 e. The zero-order chi connectivity index (χ0) is 13.1. The quantitative estimate of drug-likeness (QED) is 0.830. The number of nitrogens with one attached hydrogen (secondary N) is 1. The molecule has 4 nitrogen and oxygen atoms in total. The lowest BCUT2D eigenvalue weighted by Crippen LogP contribution is -2.22. The minimum absolute atomic E-state index is 0.682. The Hall–Kier alpha value is -1.81. The summed E-state index contributed by atoms with van der Waals surface area (Å²) in [6.07, 6.45) is 5.88. The van der Waals surface area contributed by atoms with Gasteiger partial charge in [0.2, 0.25) is 0 Å². The van der Waals surface area contributed by atoms with Gasteiger partial charge in [0.15, 0.2) is 0 Å². The first-order valence-corrected chi connectivity index (χ1v) is 6.78. The Morgan fingerprint density at radius 3 is 2.95 bits per heavy atom. The van der Waals surface area contributed by atoms with Gasteiger partial charge >= 0.3 is 0 Å². The van der Waals surface area contributed by atoms with Crippen molar-refractivity contribution in [3.05, 3.63) is 30.6 Å². The van der Waals surface area contributed by atoms with Gasteiger partial charge in [-0.2, -0.15) is 0 Å². The molecule has 19 heavy (non-hydrogen) atoms. The normalized spacial score (nSPS) is 16.6. The average Bonchev–Trinajstić information content (AvgIpc) is 2.48. The molecule has 1 aliphatic heterocycles. The minimum atomic E-state index is 0.682. The van der Waals surface area contributed by atoms with Gasteiger partial charge < -0.3 is 15.8 Å². The summed E-state index contributed by atoms with van der Waals surface area (Å²) in [7, 11) is 0. The number of fused-ring (bicyclic) bond motifs is 1. The van der Waals surface area contributed by atoms with Crippen LogP contribution in [0.15, 0.2) is 30.6 Å². The number of benzene rings is 1. The highest BCUT2D eigenvalue weighted by atomic mass is 16.5. The number of aromatic nitrogens is 1. The van der Waals surface area contributed by atoms with Gasteiger partial charge in [0.1, 0.15) is 0 Å². The van der Waals surface area contributed by atoms with Crippen LogP contribution in [0.3, 0.4) is 0 Å². The van der Waals surface area contributed by atoms with E-state index >= 15 is 0 Å². The highest BCUT2D eigenvalue weighted by Gasteiger charge is 2.14. The Balaban J connectivity index is 1.75. The van der Waals surface area contributed by atoms with Gasteiger partial charge in [-0.25, -0.2) is 0 Å². The van der Waals surface area contributed by atoms with Crippen molar-refractivity contribution in [2.45, 2.75) is 12.8 Å². The van der Waals surface area contributed by atoms with Crippen LogP contribution in [0.2, 0.25) is 0 Å². The fourth-order valence-corrected chi connectivity index (χ4v) is 2.55. The molecule has 1 saturated heterocycles. The lowest BCUT2D eigenvalue weighted by molar-refractivity contribution is 0.0699. The third-order valence-electron chi connectivity index (χ3n) is 3.78. The highest BCUT2D eigenvalue weighted by molar-refractivity contribution is 5.98. The third-order valence-corrected chi connectivity index (χ3v) is 3.78. The zero-order valence-electron chi connectivity index (χ0n) is 10.9. The van der Waals surface area contributed by atoms with E-state index in [-0.39, 0.29) is 0 Å². The van der Waals surface area contributed by atoms with Crippen molar-refractivity contribution in [1.29, 1.82) is 0 Å². The molecule has 1 aliphatic rings. The molecule has 0 saturated carbocycles. The predicted molar refractivity (Wildman–Crippen MR) is 78.2 cm³/mol. The maximum Gasteiger partial charge on any atom is 0.0630 e. The molecule has 1 aromatic carbocycles. The van der Waals surface area contributed by atoms with Crippen molar-refractivity contribution in [3.8, 4) is 0 Å². The van der Waals surface area contributed by atoms with Crippen LogP contribution in [-0.4, -0.2) is 24.7 Å². The number of hydrogen-bond acceptors (Lipinski definition) is 4. The summed E-state index contributed by atoms with van der Waals surface area (Å²) in [5.41, 5.74) is 8.05. The van der Waals surface area contributed by atoms with Gasteiger partial charge in [-0.05, 0) is 30.9 Å². The van der Waals surface area contributed by atoms with E-state index in [0.717, 1.165) is 54.7 Å². The SMILES string of the molecule is Nc1c(NCC2CCOCC2)ccc2cnccc12. The van der Waals surface area contributed by atoms with Crippen LogP contribution in [0, 0.1) is 5.92 Å². The van der Waals surface area contributed by atoms with Crippen LogP contribution in [0.25, 0.3) is 10.8 Å². The molecular formula is C15H19N3O. The number of nitrogens with two attached hydrogens (primary N) is 1. The number of rotatable bonds is 3. The van der Waals surface area contributed by atoms with Crippen LogP contribution in [0.5, 0.6) is 0 Å². The first-order valence-electron chi connectivity index (χ1n) is 6.78. The number of nitrogens with zero attached hydrogens (tertiary/aromatic N) is 1. The van der Waals surface area contributed by atoms with Crippen molar-refractivity contribution >= 4 is 22.1 Å². The van der Waals surface area contributed by atoms with Gasteiger partial charge in [0.25, 0.3) is 0 Å². The fraction of sp³-hybridized carbons (Fsp3) is 0.400. The third kappa shape index (κ3) is 2.63. The van der Waals surface area contributed by atoms with Crippen molar-refractivity contribution in [2.24, 2.45) is 5.92 Å². The number of nitrogen functional groups attached to an aromatic ring is 1. The maximum absolute atomic E-state index is 6.22. The van der Waals surface area contributed by atoms with Crippen LogP contribution in [-0.2, 0) is 4.74 Å². The molecule has 3 rings (SSSR count). The molecule has 2 heterocycles. The van der Waals surface area contributed by atoms with E-state index in [1.807, 2.05) is 18.3 Å². The number of hydrogen-bond donors (Lipinski definition) is 2. The Kier molecular flexibility index (Phi) is 3.51. The second-order valence-electron chi connectivity index (χ2n) is 5.06. The van der Waals surface area contributed by atoms with Crippen molar-refractivity contribution in [1.82, 2.24) is 4.98 Å². The molecule has 0 atom stereocenters. The van der Waals surface area contributed by atoms with E-state index in [9.17, 15) is 0 Å². The molecule has 3 N–H and O–H groups in total. The second kappa shape index (κ2) is 5.45.